The van der Waals surface area contributed by atoms with Crippen LogP contribution in [0.5, 0.6) is 5.75 Å². The fourth-order valence-electron chi connectivity index (χ4n) is 2.06. The van der Waals surface area contributed by atoms with Crippen LogP contribution in [0.3, 0.4) is 0 Å². The van der Waals surface area contributed by atoms with Crippen LogP contribution in [-0.4, -0.2) is 22.5 Å². The molecule has 0 aliphatic rings. The van der Waals surface area contributed by atoms with E-state index in [1.54, 1.807) is 6.20 Å². The second-order valence-corrected chi connectivity index (χ2v) is 4.90. The van der Waals surface area contributed by atoms with Gasteiger partial charge in [0.1, 0.15) is 11.6 Å². The van der Waals surface area contributed by atoms with Crippen LogP contribution in [0.15, 0.2) is 30.5 Å². The number of nitrogens with one attached hydrogen (secondary N) is 1. The molecule has 0 aliphatic heterocycles. The Morgan fingerprint density at radius 1 is 1.23 bits per heavy atom. The Kier molecular flexibility index (Phi) is 5.47. The second-order valence-electron chi connectivity index (χ2n) is 4.90. The molecule has 5 heteroatoms. The highest BCUT2D eigenvalue weighted by Gasteiger charge is 2.11. The number of hydrogen-bond donors (Lipinski definition) is 1. The lowest BCUT2D eigenvalue weighted by Gasteiger charge is -2.09. The molecule has 22 heavy (non-hydrogen) atoms. The van der Waals surface area contributed by atoms with Crippen molar-refractivity contribution >= 4 is 5.91 Å². The molecule has 0 aliphatic carbocycles. The normalized spacial score (nSPS) is 10.3. The molecule has 5 nitrogen and oxygen atoms in total. The summed E-state index contributed by atoms with van der Waals surface area (Å²) in [5.41, 5.74) is 2.24. The minimum atomic E-state index is -0.158. The minimum Gasteiger partial charge on any atom is -0.494 e. The standard InChI is InChI=1S/C17H21N3O2/c1-4-16-18-11-15(12(3)20-16)17(21)19-10-13-6-8-14(9-7-13)22-5-2/h6-9,11H,4-5,10H2,1-3H3,(H,19,21). The highest BCUT2D eigenvalue weighted by atomic mass is 16.5. The zero-order valence-corrected chi connectivity index (χ0v) is 13.2. The molecule has 2 aromatic rings. The molecular formula is C17H21N3O2. The summed E-state index contributed by atoms with van der Waals surface area (Å²) < 4.78 is 5.39. The fraction of sp³-hybridized carbons (Fsp3) is 0.353. The summed E-state index contributed by atoms with van der Waals surface area (Å²) in [5.74, 6) is 1.42. The van der Waals surface area contributed by atoms with E-state index in [0.717, 1.165) is 23.6 Å². The molecule has 0 saturated heterocycles. The van der Waals surface area contributed by atoms with E-state index in [0.29, 0.717) is 24.4 Å². The Morgan fingerprint density at radius 2 is 1.95 bits per heavy atom. The van der Waals surface area contributed by atoms with Crippen molar-refractivity contribution in [3.8, 4) is 5.75 Å². The average Bonchev–Trinajstić information content (AvgIpc) is 2.54. The number of carbonyl (C=O) groups excluding carboxylic acids is 1. The monoisotopic (exact) mass is 299 g/mol. The molecule has 0 fully saturated rings. The number of benzene rings is 1. The van der Waals surface area contributed by atoms with Crippen molar-refractivity contribution < 1.29 is 9.53 Å². The molecule has 1 aromatic heterocycles. The number of amides is 1. The first kappa shape index (κ1) is 15.9. The van der Waals surface area contributed by atoms with E-state index in [4.69, 9.17) is 4.74 Å². The van der Waals surface area contributed by atoms with Gasteiger partial charge in [-0.3, -0.25) is 4.79 Å². The molecule has 1 N–H and O–H groups in total. The van der Waals surface area contributed by atoms with Gasteiger partial charge in [0.15, 0.2) is 0 Å². The third kappa shape index (κ3) is 4.04. The predicted molar refractivity (Wildman–Crippen MR) is 84.9 cm³/mol. The first-order valence-corrected chi connectivity index (χ1v) is 7.46. The van der Waals surface area contributed by atoms with E-state index in [9.17, 15) is 4.79 Å². The molecule has 0 spiro atoms. The molecule has 2 rings (SSSR count). The predicted octanol–water partition coefficient (Wildman–Crippen LogP) is 2.68. The maximum atomic E-state index is 12.2. The molecule has 0 radical (unpaired) electrons. The molecule has 1 amide bonds. The lowest BCUT2D eigenvalue weighted by molar-refractivity contribution is 0.0949. The molecule has 0 saturated carbocycles. The smallest absolute Gasteiger partial charge is 0.254 e. The van der Waals surface area contributed by atoms with Crippen LogP contribution in [0.4, 0.5) is 0 Å². The van der Waals surface area contributed by atoms with Gasteiger partial charge in [-0.25, -0.2) is 9.97 Å². The van der Waals surface area contributed by atoms with Crippen LogP contribution >= 0.6 is 0 Å². The van der Waals surface area contributed by atoms with Gasteiger partial charge in [-0.2, -0.15) is 0 Å². The highest BCUT2D eigenvalue weighted by Crippen LogP contribution is 2.12. The van der Waals surface area contributed by atoms with Crippen molar-refractivity contribution in [2.24, 2.45) is 0 Å². The van der Waals surface area contributed by atoms with Crippen molar-refractivity contribution in [3.63, 3.8) is 0 Å². The number of aryl methyl sites for hydroxylation is 2. The lowest BCUT2D eigenvalue weighted by Crippen LogP contribution is -2.24. The van der Waals surface area contributed by atoms with Crippen LogP contribution in [-0.2, 0) is 13.0 Å². The van der Waals surface area contributed by atoms with Gasteiger partial charge in [0.05, 0.1) is 17.9 Å². The summed E-state index contributed by atoms with van der Waals surface area (Å²) in [6.45, 7) is 6.86. The van der Waals surface area contributed by atoms with E-state index in [2.05, 4.69) is 15.3 Å². The number of rotatable bonds is 6. The Labute approximate surface area is 130 Å². The van der Waals surface area contributed by atoms with Crippen molar-refractivity contribution in [2.75, 3.05) is 6.61 Å². The summed E-state index contributed by atoms with van der Waals surface area (Å²) in [7, 11) is 0. The summed E-state index contributed by atoms with van der Waals surface area (Å²) >= 11 is 0. The van der Waals surface area contributed by atoms with Crippen LogP contribution in [0, 0.1) is 6.92 Å². The van der Waals surface area contributed by atoms with Crippen LogP contribution in [0.1, 0.15) is 41.3 Å². The van der Waals surface area contributed by atoms with Gasteiger partial charge in [-0.15, -0.1) is 0 Å². The van der Waals surface area contributed by atoms with Gasteiger partial charge in [0, 0.05) is 19.2 Å². The molecule has 0 bridgehead atoms. The Bertz CT molecular complexity index is 639. The summed E-state index contributed by atoms with van der Waals surface area (Å²) in [4.78, 5) is 20.7. The number of nitrogens with zero attached hydrogens (tertiary/aromatic N) is 2. The number of ether oxygens (including phenoxy) is 1. The molecular weight excluding hydrogens is 278 g/mol. The van der Waals surface area contributed by atoms with Gasteiger partial charge in [0.25, 0.3) is 5.91 Å². The topological polar surface area (TPSA) is 64.1 Å². The Balaban J connectivity index is 1.97. The van der Waals surface area contributed by atoms with E-state index >= 15 is 0 Å². The van der Waals surface area contributed by atoms with Gasteiger partial charge < -0.3 is 10.1 Å². The van der Waals surface area contributed by atoms with Crippen LogP contribution in [0.25, 0.3) is 0 Å². The molecule has 0 unspecified atom stereocenters. The van der Waals surface area contributed by atoms with Crippen molar-refractivity contribution in [1.82, 2.24) is 15.3 Å². The lowest BCUT2D eigenvalue weighted by atomic mass is 10.2. The molecule has 1 aromatic carbocycles. The zero-order chi connectivity index (χ0) is 15.9. The molecule has 0 atom stereocenters. The number of aromatic nitrogens is 2. The summed E-state index contributed by atoms with van der Waals surface area (Å²) in [6.07, 6.45) is 2.35. The summed E-state index contributed by atoms with van der Waals surface area (Å²) in [6, 6.07) is 7.68. The van der Waals surface area contributed by atoms with Gasteiger partial charge >= 0.3 is 0 Å². The van der Waals surface area contributed by atoms with Gasteiger partial charge in [-0.1, -0.05) is 19.1 Å². The van der Waals surface area contributed by atoms with E-state index in [1.165, 1.54) is 0 Å². The third-order valence-corrected chi connectivity index (χ3v) is 3.28. The largest absolute Gasteiger partial charge is 0.494 e. The maximum absolute atomic E-state index is 12.2. The molecule has 1 heterocycles. The Morgan fingerprint density at radius 3 is 2.55 bits per heavy atom. The van der Waals surface area contributed by atoms with E-state index in [-0.39, 0.29) is 5.91 Å². The first-order chi connectivity index (χ1) is 10.6. The number of hydrogen-bond acceptors (Lipinski definition) is 4. The van der Waals surface area contributed by atoms with Crippen LogP contribution in [0.2, 0.25) is 0 Å². The third-order valence-electron chi connectivity index (χ3n) is 3.28. The van der Waals surface area contributed by atoms with Crippen molar-refractivity contribution in [2.45, 2.75) is 33.7 Å². The van der Waals surface area contributed by atoms with Crippen LogP contribution < -0.4 is 10.1 Å². The minimum absolute atomic E-state index is 0.158. The zero-order valence-electron chi connectivity index (χ0n) is 13.2. The second kappa shape index (κ2) is 7.54. The van der Waals surface area contributed by atoms with E-state index < -0.39 is 0 Å². The SMILES string of the molecule is CCOc1ccc(CNC(=O)c2cnc(CC)nc2C)cc1. The van der Waals surface area contributed by atoms with Crippen molar-refractivity contribution in [1.29, 1.82) is 0 Å². The average molecular weight is 299 g/mol. The number of carbonyl (C=O) groups is 1. The first-order valence-electron chi connectivity index (χ1n) is 7.46. The Hall–Kier alpha value is -2.43. The highest BCUT2D eigenvalue weighted by molar-refractivity contribution is 5.94. The van der Waals surface area contributed by atoms with Gasteiger partial charge in [0.2, 0.25) is 0 Å². The van der Waals surface area contributed by atoms with Crippen molar-refractivity contribution in [3.05, 3.63) is 53.1 Å². The van der Waals surface area contributed by atoms with Gasteiger partial charge in [-0.05, 0) is 31.5 Å². The van der Waals surface area contributed by atoms with E-state index in [1.807, 2.05) is 45.0 Å². The quantitative estimate of drug-likeness (QED) is 0.890. The fourth-order valence-corrected chi connectivity index (χ4v) is 2.06. The maximum Gasteiger partial charge on any atom is 0.254 e. The molecule has 116 valence electrons. The summed E-state index contributed by atoms with van der Waals surface area (Å²) in [5, 5.41) is 2.89.